The Morgan fingerprint density at radius 2 is 1.61 bits per heavy atom. The van der Waals surface area contributed by atoms with E-state index in [1.54, 1.807) is 12.1 Å². The fourth-order valence-corrected chi connectivity index (χ4v) is 9.91. The van der Waals surface area contributed by atoms with Crippen LogP contribution in [0.2, 0.25) is 0 Å². The summed E-state index contributed by atoms with van der Waals surface area (Å²) in [6.45, 7) is 14.7. The smallest absolute Gasteiger partial charge is 0.305 e. The van der Waals surface area contributed by atoms with Gasteiger partial charge in [0.15, 0.2) is 12.3 Å². The van der Waals surface area contributed by atoms with Crippen LogP contribution in [0.5, 0.6) is 0 Å². The van der Waals surface area contributed by atoms with Gasteiger partial charge in [0, 0.05) is 55.3 Å². The number of hydrogen-bond acceptors (Lipinski definition) is 8. The first kappa shape index (κ1) is 54.4. The van der Waals surface area contributed by atoms with E-state index < -0.39 is 15.5 Å². The zero-order chi connectivity index (χ0) is 48.1. The number of esters is 1. The van der Waals surface area contributed by atoms with E-state index in [1.807, 2.05) is 10.9 Å². The maximum absolute atomic E-state index is 12.2. The van der Waals surface area contributed by atoms with Crippen LogP contribution >= 0.6 is 0 Å². The maximum Gasteiger partial charge on any atom is 0.305 e. The normalized spacial score (nSPS) is 18.2. The van der Waals surface area contributed by atoms with E-state index in [0.29, 0.717) is 19.3 Å². The standard InChI is InChI=1S/C50H71N7O5S.2CH4.BrH/c1-36-21-25-43-41(33-36)49(2,3)45(53(43)29-15-31-56(6,7)8)27-22-37-17-13-18-38(48(37)55-35-39(51-52-55)19-14-20-47(58)62-12)23-28-46-50(4,5)42-34-40(63(59,60)61)24-26-44(42)54(46)30-16-32-57(9,10)11;;;/h21-28,33-35H,13-20,29-32H2,1-12H3;2*1H4;1H/q+2;;;/p-1/i;1D;;. The highest BCUT2D eigenvalue weighted by Gasteiger charge is 2.45. The molecule has 14 heteroatoms. The van der Waals surface area contributed by atoms with Crippen LogP contribution in [0, 0.1) is 6.92 Å². The van der Waals surface area contributed by atoms with Crippen LogP contribution in [-0.2, 0) is 36.9 Å². The predicted octanol–water partition coefficient (Wildman–Crippen LogP) is 6.09. The molecule has 0 saturated heterocycles. The van der Waals surface area contributed by atoms with E-state index in [-0.39, 0.29) is 40.7 Å². The lowest BCUT2D eigenvalue weighted by atomic mass is 9.81. The van der Waals surface area contributed by atoms with Gasteiger partial charge < -0.3 is 40.1 Å². The number of quaternary nitrogens is 2. The fraction of sp³-hybridized carbons (Fsp3) is 0.538. The molecule has 3 aromatic rings. The minimum Gasteiger partial charge on any atom is -1.00 e. The van der Waals surface area contributed by atoms with Crippen molar-refractivity contribution in [2.75, 3.05) is 80.5 Å². The number of halogens is 1. The summed E-state index contributed by atoms with van der Waals surface area (Å²) in [5.74, 6) is -0.242. The third-order valence-electron chi connectivity index (χ3n) is 12.8. The first-order valence-electron chi connectivity index (χ1n) is 23.5. The van der Waals surface area contributed by atoms with Crippen molar-refractivity contribution in [3.05, 3.63) is 106 Å². The van der Waals surface area contributed by atoms with E-state index in [9.17, 15) is 17.8 Å². The number of nitrogens with zero attached hydrogens (tertiary/aromatic N) is 7. The molecule has 6 rings (SSSR count). The molecule has 12 nitrogen and oxygen atoms in total. The van der Waals surface area contributed by atoms with Crippen LogP contribution in [0.15, 0.2) is 88.6 Å². The molecule has 1 aromatic heterocycles. The monoisotopic (exact) mass is 994 g/mol. The number of aromatic nitrogens is 3. The molecule has 0 fully saturated rings. The zero-order valence-corrected chi connectivity index (χ0v) is 43.7. The predicted molar refractivity (Wildman–Crippen MR) is 265 cm³/mol. The van der Waals surface area contributed by atoms with Crippen molar-refractivity contribution in [1.82, 2.24) is 15.0 Å². The number of carbonyl (C=O) groups is 1. The van der Waals surface area contributed by atoms with Crippen LogP contribution < -0.4 is 21.9 Å². The fourth-order valence-electron chi connectivity index (χ4n) is 9.42. The van der Waals surface area contributed by atoms with Gasteiger partial charge in [0.1, 0.15) is 10.1 Å². The van der Waals surface area contributed by atoms with Crippen molar-refractivity contribution in [3.8, 4) is 0 Å². The number of hydrogen-bond donors (Lipinski definition) is 0. The minimum absolute atomic E-state index is 0. The molecule has 2 aliphatic heterocycles. The first-order valence-corrected chi connectivity index (χ1v) is 23.9. The summed E-state index contributed by atoms with van der Waals surface area (Å²) in [7, 11) is 11.3. The molecule has 364 valence electrons. The molecule has 1 aliphatic carbocycles. The molecule has 2 aromatic carbocycles. The maximum atomic E-state index is 12.2. The first-order chi connectivity index (χ1) is 30.4. The molecule has 3 heterocycles. The van der Waals surface area contributed by atoms with E-state index in [1.165, 1.54) is 43.1 Å². The minimum atomic E-state index is -4.64. The second-order valence-electron chi connectivity index (χ2n) is 20.7. The molecule has 0 unspecified atom stereocenters. The van der Waals surface area contributed by atoms with E-state index in [2.05, 4.69) is 134 Å². The average molecular weight is 995 g/mol. The van der Waals surface area contributed by atoms with Gasteiger partial charge in [-0.1, -0.05) is 63.7 Å². The molecule has 66 heavy (non-hydrogen) atoms. The summed E-state index contributed by atoms with van der Waals surface area (Å²) in [4.78, 5) is 14.2. The highest BCUT2D eigenvalue weighted by atomic mass is 79.9. The lowest BCUT2D eigenvalue weighted by Gasteiger charge is -2.29. The molecule has 3 aliphatic rings. The van der Waals surface area contributed by atoms with E-state index >= 15 is 0 Å². The Labute approximate surface area is 409 Å². The Balaban J connectivity index is 0.00000294. The van der Waals surface area contributed by atoms with Crippen LogP contribution in [0.25, 0.3) is 5.70 Å². The Morgan fingerprint density at radius 3 is 2.26 bits per heavy atom. The van der Waals surface area contributed by atoms with Crippen LogP contribution in [0.3, 0.4) is 0 Å². The number of carbonyl (C=O) groups excluding carboxylic acids is 1. The number of anilines is 1. The van der Waals surface area contributed by atoms with Gasteiger partial charge in [-0.05, 0) is 93.9 Å². The molecule has 0 N–H and O–H groups in total. The number of aryl methyl sites for hydroxylation is 2. The summed E-state index contributed by atoms with van der Waals surface area (Å²) < 4.78 is 53.3. The van der Waals surface area contributed by atoms with Crippen molar-refractivity contribution in [3.63, 3.8) is 0 Å². The Hall–Kier alpha value is -4.21. The molecule has 0 radical (unpaired) electrons. The van der Waals surface area contributed by atoms with Gasteiger partial charge >= 0.3 is 5.97 Å². The van der Waals surface area contributed by atoms with Gasteiger partial charge in [-0.2, -0.15) is 4.58 Å². The summed E-state index contributed by atoms with van der Waals surface area (Å²) >= 11 is 0. The van der Waals surface area contributed by atoms with Crippen molar-refractivity contribution in [2.45, 2.75) is 117 Å². The number of allylic oxidation sites excluding steroid dienone is 8. The molecular formula is C52H79BrN7O5S+. The average Bonchev–Trinajstić information content (AvgIpc) is 3.83. The lowest BCUT2D eigenvalue weighted by Crippen LogP contribution is -3.00. The number of methoxy groups -OCH3 is 1. The largest absolute Gasteiger partial charge is 1.00 e. The molecule has 0 atom stereocenters. The van der Waals surface area contributed by atoms with Gasteiger partial charge in [0.05, 0.1) is 96.8 Å². The third-order valence-corrected chi connectivity index (χ3v) is 13.6. The highest BCUT2D eigenvalue weighted by molar-refractivity contribution is 7.85. The molecule has 0 saturated carbocycles. The summed E-state index contributed by atoms with van der Waals surface area (Å²) in [6.07, 6.45) is 17.1. The molecule has 0 amide bonds. The molecular weight excluding hydrogens is 915 g/mol. The van der Waals surface area contributed by atoms with Crippen molar-refractivity contribution in [2.24, 2.45) is 0 Å². The van der Waals surface area contributed by atoms with Crippen LogP contribution in [-0.4, -0.2) is 129 Å². The SMILES string of the molecule is C.COC(=O)CCCc1cn(C2=C(C=CC3=[N+](CCC[N+](C)(C)C)c4ccc(S(=O)(=O)[O-])cc4C3(C)C)CCCC2=CC=C2N(CCC[N+](C)(C)C)c3ccc(C)cc3C2(C)C)nn1.[2H]C.[Br-]. The Kier molecular flexibility index (Phi) is 18.0. The van der Waals surface area contributed by atoms with Gasteiger partial charge in [-0.15, -0.1) is 5.10 Å². The van der Waals surface area contributed by atoms with E-state index in [4.69, 9.17) is 11.3 Å². The van der Waals surface area contributed by atoms with Crippen LogP contribution in [0.1, 0.15) is 111 Å². The summed E-state index contributed by atoms with van der Waals surface area (Å²) in [5, 5.41) is 9.31. The van der Waals surface area contributed by atoms with Crippen LogP contribution in [0.4, 0.5) is 11.4 Å². The zero-order valence-electron chi connectivity index (χ0n) is 42.3. The van der Waals surface area contributed by atoms with Gasteiger partial charge in [-0.25, -0.2) is 13.1 Å². The quantitative estimate of drug-likeness (QED) is 0.0691. The van der Waals surface area contributed by atoms with Gasteiger partial charge in [-0.3, -0.25) is 4.79 Å². The van der Waals surface area contributed by atoms with Crippen molar-refractivity contribution in [1.29, 1.82) is 0 Å². The molecule has 0 spiro atoms. The number of fused-ring (bicyclic) bond motifs is 2. The van der Waals surface area contributed by atoms with Crippen molar-refractivity contribution >= 4 is 38.9 Å². The van der Waals surface area contributed by atoms with Crippen molar-refractivity contribution < 1.29 is 54.4 Å². The number of ether oxygens (including phenoxy) is 1. The number of benzene rings is 2. The van der Waals surface area contributed by atoms with E-state index in [0.717, 1.165) is 107 Å². The number of rotatable bonds is 17. The molecule has 0 bridgehead atoms. The topological polar surface area (TPSA) is 120 Å². The van der Waals surface area contributed by atoms with Gasteiger partial charge in [0.25, 0.3) is 0 Å². The summed E-state index contributed by atoms with van der Waals surface area (Å²) in [6, 6.07) is 11.6. The van der Waals surface area contributed by atoms with Gasteiger partial charge in [0.2, 0.25) is 5.69 Å². The Bertz CT molecular complexity index is 2510. The third kappa shape index (κ3) is 12.9. The second-order valence-corrected chi connectivity index (χ2v) is 22.1. The summed E-state index contributed by atoms with van der Waals surface area (Å²) in [5.41, 5.74) is 11.2. The lowest BCUT2D eigenvalue weighted by molar-refractivity contribution is -0.871. The Morgan fingerprint density at radius 1 is 0.924 bits per heavy atom. The second kappa shape index (κ2) is 21.8. The highest BCUT2D eigenvalue weighted by Crippen LogP contribution is 2.49.